The highest BCUT2D eigenvalue weighted by atomic mass is 16.5. The molecule has 1 aromatic heterocycles. The Morgan fingerprint density at radius 1 is 1.05 bits per heavy atom. The molecule has 0 atom stereocenters. The van der Waals surface area contributed by atoms with Crippen molar-refractivity contribution in [2.45, 2.75) is 13.2 Å². The van der Waals surface area contributed by atoms with Crippen LogP contribution >= 0.6 is 0 Å². The Bertz CT molecular complexity index is 806. The molecule has 0 aliphatic heterocycles. The third-order valence-corrected chi connectivity index (χ3v) is 3.22. The molecule has 3 aromatic rings. The van der Waals surface area contributed by atoms with E-state index in [-0.39, 0.29) is 6.61 Å². The zero-order valence-electron chi connectivity index (χ0n) is 11.3. The van der Waals surface area contributed by atoms with Gasteiger partial charge in [-0.3, -0.25) is 0 Å². The largest absolute Gasteiger partial charge is 0.489 e. The van der Waals surface area contributed by atoms with E-state index in [1.54, 1.807) is 18.2 Å². The molecular weight excluding hydrogens is 268 g/mol. The van der Waals surface area contributed by atoms with Gasteiger partial charge in [0.1, 0.15) is 17.9 Å². The molecule has 4 heteroatoms. The van der Waals surface area contributed by atoms with E-state index >= 15 is 0 Å². The van der Waals surface area contributed by atoms with Gasteiger partial charge in [0, 0.05) is 17.5 Å². The van der Waals surface area contributed by atoms with Crippen LogP contribution in [0.3, 0.4) is 0 Å². The fourth-order valence-corrected chi connectivity index (χ4v) is 2.17. The van der Waals surface area contributed by atoms with E-state index in [0.29, 0.717) is 28.9 Å². The Kier molecular flexibility index (Phi) is 3.71. The number of benzene rings is 2. The first-order valence-corrected chi connectivity index (χ1v) is 6.60. The lowest BCUT2D eigenvalue weighted by molar-refractivity contribution is 0.282. The molecule has 0 amide bonds. The minimum atomic E-state index is -0.480. The summed E-state index contributed by atoms with van der Waals surface area (Å²) in [6.45, 7) is 0.239. The molecular formula is C17H14O4. The average molecular weight is 282 g/mol. The number of rotatable bonds is 4. The van der Waals surface area contributed by atoms with Crippen molar-refractivity contribution >= 4 is 11.0 Å². The summed E-state index contributed by atoms with van der Waals surface area (Å²) >= 11 is 0. The van der Waals surface area contributed by atoms with E-state index in [2.05, 4.69) is 0 Å². The normalized spacial score (nSPS) is 10.7. The minimum Gasteiger partial charge on any atom is -0.489 e. The van der Waals surface area contributed by atoms with E-state index in [1.165, 1.54) is 6.07 Å². The first kappa shape index (κ1) is 13.4. The molecule has 106 valence electrons. The number of aliphatic hydroxyl groups is 1. The summed E-state index contributed by atoms with van der Waals surface area (Å²) in [6, 6.07) is 16.3. The maximum Gasteiger partial charge on any atom is 0.336 e. The highest BCUT2D eigenvalue weighted by molar-refractivity contribution is 5.81. The Labute approximate surface area is 121 Å². The second-order valence-electron chi connectivity index (χ2n) is 4.68. The smallest absolute Gasteiger partial charge is 0.336 e. The lowest BCUT2D eigenvalue weighted by atomic mass is 10.1. The van der Waals surface area contributed by atoms with Gasteiger partial charge in [0.2, 0.25) is 0 Å². The zero-order valence-corrected chi connectivity index (χ0v) is 11.3. The second kappa shape index (κ2) is 5.81. The minimum absolute atomic E-state index is 0.202. The Balaban J connectivity index is 1.89. The fourth-order valence-electron chi connectivity index (χ4n) is 2.17. The summed E-state index contributed by atoms with van der Waals surface area (Å²) in [6.07, 6.45) is 0. The van der Waals surface area contributed by atoms with Crippen LogP contribution in [0.15, 0.2) is 63.8 Å². The summed E-state index contributed by atoms with van der Waals surface area (Å²) in [5, 5.41) is 9.98. The topological polar surface area (TPSA) is 59.7 Å². The number of hydrogen-bond acceptors (Lipinski definition) is 4. The molecule has 4 nitrogen and oxygen atoms in total. The highest BCUT2D eigenvalue weighted by Crippen LogP contribution is 2.23. The monoisotopic (exact) mass is 282 g/mol. The molecule has 0 saturated carbocycles. The van der Waals surface area contributed by atoms with E-state index in [9.17, 15) is 9.90 Å². The number of hydrogen-bond donors (Lipinski definition) is 1. The highest BCUT2D eigenvalue weighted by Gasteiger charge is 2.06. The maximum absolute atomic E-state index is 11.4. The van der Waals surface area contributed by atoms with Crippen LogP contribution in [-0.4, -0.2) is 5.11 Å². The van der Waals surface area contributed by atoms with Gasteiger partial charge < -0.3 is 14.3 Å². The van der Waals surface area contributed by atoms with Crippen LogP contribution in [-0.2, 0) is 13.2 Å². The molecule has 1 N–H and O–H groups in total. The quantitative estimate of drug-likeness (QED) is 0.747. The lowest BCUT2D eigenvalue weighted by Crippen LogP contribution is -2.01. The van der Waals surface area contributed by atoms with Crippen LogP contribution in [0, 0.1) is 0 Å². The summed E-state index contributed by atoms with van der Waals surface area (Å²) in [7, 11) is 0. The third kappa shape index (κ3) is 2.95. The van der Waals surface area contributed by atoms with Gasteiger partial charge in [-0.1, -0.05) is 30.3 Å². The van der Waals surface area contributed by atoms with Gasteiger partial charge in [-0.25, -0.2) is 4.79 Å². The maximum atomic E-state index is 11.4. The van der Waals surface area contributed by atoms with E-state index in [0.717, 1.165) is 5.56 Å². The van der Waals surface area contributed by atoms with Crippen molar-refractivity contribution in [3.63, 3.8) is 0 Å². The van der Waals surface area contributed by atoms with Gasteiger partial charge in [0.05, 0.1) is 6.61 Å². The Morgan fingerprint density at radius 3 is 2.62 bits per heavy atom. The molecule has 0 bridgehead atoms. The molecule has 0 saturated heterocycles. The van der Waals surface area contributed by atoms with Crippen LogP contribution in [0.25, 0.3) is 11.0 Å². The van der Waals surface area contributed by atoms with Gasteiger partial charge in [0.25, 0.3) is 0 Å². The van der Waals surface area contributed by atoms with Crippen molar-refractivity contribution in [1.82, 2.24) is 0 Å². The van der Waals surface area contributed by atoms with Gasteiger partial charge in [-0.15, -0.1) is 0 Å². The Morgan fingerprint density at radius 2 is 1.86 bits per heavy atom. The van der Waals surface area contributed by atoms with Crippen LogP contribution in [0.4, 0.5) is 0 Å². The molecule has 21 heavy (non-hydrogen) atoms. The molecule has 0 spiro atoms. The van der Waals surface area contributed by atoms with Crippen molar-refractivity contribution in [1.29, 1.82) is 0 Å². The molecule has 1 heterocycles. The van der Waals surface area contributed by atoms with Gasteiger partial charge in [-0.2, -0.15) is 0 Å². The fraction of sp³-hybridized carbons (Fsp3) is 0.118. The van der Waals surface area contributed by atoms with E-state index in [4.69, 9.17) is 9.15 Å². The third-order valence-electron chi connectivity index (χ3n) is 3.22. The average Bonchev–Trinajstić information content (AvgIpc) is 2.52. The molecule has 0 unspecified atom stereocenters. The number of fused-ring (bicyclic) bond motifs is 1. The van der Waals surface area contributed by atoms with Crippen molar-refractivity contribution < 1.29 is 14.3 Å². The van der Waals surface area contributed by atoms with E-state index < -0.39 is 5.63 Å². The SMILES string of the molecule is O=c1cc(CO)c2ccc(OCc3ccccc3)cc2o1. The van der Waals surface area contributed by atoms with Crippen LogP contribution < -0.4 is 10.4 Å². The molecule has 3 rings (SSSR count). The predicted molar refractivity (Wildman–Crippen MR) is 79.2 cm³/mol. The van der Waals surface area contributed by atoms with Crippen LogP contribution in [0.2, 0.25) is 0 Å². The first-order chi connectivity index (χ1) is 10.3. The molecule has 2 aromatic carbocycles. The molecule has 0 aliphatic carbocycles. The summed E-state index contributed by atoms with van der Waals surface area (Å²) < 4.78 is 10.8. The van der Waals surface area contributed by atoms with E-state index in [1.807, 2.05) is 30.3 Å². The first-order valence-electron chi connectivity index (χ1n) is 6.60. The summed E-state index contributed by atoms with van der Waals surface area (Å²) in [5.41, 5.74) is 1.54. The van der Waals surface area contributed by atoms with Crippen molar-refractivity contribution in [2.75, 3.05) is 0 Å². The number of aliphatic hydroxyl groups excluding tert-OH is 1. The zero-order chi connectivity index (χ0) is 14.7. The standard InChI is InChI=1S/C17H14O4/c18-10-13-8-17(19)21-16-9-14(6-7-15(13)16)20-11-12-4-2-1-3-5-12/h1-9,18H,10-11H2. The van der Waals surface area contributed by atoms with Crippen molar-refractivity contribution in [3.05, 3.63) is 76.1 Å². The summed E-state index contributed by atoms with van der Waals surface area (Å²) in [5.74, 6) is 0.615. The predicted octanol–water partition coefficient (Wildman–Crippen LogP) is 2.86. The number of ether oxygens (including phenoxy) is 1. The molecule has 0 fully saturated rings. The van der Waals surface area contributed by atoms with Crippen LogP contribution in [0.5, 0.6) is 5.75 Å². The van der Waals surface area contributed by atoms with Crippen LogP contribution in [0.1, 0.15) is 11.1 Å². The lowest BCUT2D eigenvalue weighted by Gasteiger charge is -2.08. The van der Waals surface area contributed by atoms with Crippen molar-refractivity contribution in [3.8, 4) is 5.75 Å². The Hall–Kier alpha value is -2.59. The molecule has 0 aliphatic rings. The molecule has 0 radical (unpaired) electrons. The van der Waals surface area contributed by atoms with Gasteiger partial charge >= 0.3 is 5.63 Å². The van der Waals surface area contributed by atoms with Crippen molar-refractivity contribution in [2.24, 2.45) is 0 Å². The second-order valence-corrected chi connectivity index (χ2v) is 4.68. The summed E-state index contributed by atoms with van der Waals surface area (Å²) in [4.78, 5) is 11.4. The van der Waals surface area contributed by atoms with Gasteiger partial charge in [0.15, 0.2) is 0 Å². The van der Waals surface area contributed by atoms with Gasteiger partial charge in [-0.05, 0) is 23.3 Å².